The number of hydrogen-bond acceptors (Lipinski definition) is 3. The highest BCUT2D eigenvalue weighted by Crippen LogP contribution is 2.50. The highest BCUT2D eigenvalue weighted by Gasteiger charge is 2.54. The van der Waals surface area contributed by atoms with Crippen LogP contribution in [0.15, 0.2) is 29.3 Å². The zero-order chi connectivity index (χ0) is 14.6. The molecule has 0 amide bonds. The molecule has 3 aliphatic heterocycles. The molecule has 3 aliphatic rings. The molecular weight excluding hydrogens is 300 g/mol. The fraction of sp³-hybridized carbons (Fsp3) is 0.529. The van der Waals surface area contributed by atoms with Gasteiger partial charge in [0.15, 0.2) is 0 Å². The van der Waals surface area contributed by atoms with E-state index in [-0.39, 0.29) is 18.3 Å². The number of fused-ring (bicyclic) bond motifs is 3. The third-order valence-electron chi connectivity index (χ3n) is 5.85. The van der Waals surface area contributed by atoms with Gasteiger partial charge in [-0.3, -0.25) is 9.79 Å². The van der Waals surface area contributed by atoms with E-state index in [4.69, 9.17) is 0 Å². The first-order chi connectivity index (χ1) is 10.1. The number of hydrogen-bond donors (Lipinski definition) is 1. The zero-order valence-electron chi connectivity index (χ0n) is 12.6. The number of aliphatic carboxylic acids is 1. The molecule has 0 aliphatic carbocycles. The summed E-state index contributed by atoms with van der Waals surface area (Å²) in [6, 6.07) is 8.77. The number of nitrogens with zero attached hydrogens (tertiary/aromatic N) is 2. The Morgan fingerprint density at radius 2 is 1.91 bits per heavy atom. The van der Waals surface area contributed by atoms with Crippen LogP contribution < -0.4 is 0 Å². The molecule has 2 fully saturated rings. The third kappa shape index (κ3) is 1.94. The molecule has 22 heavy (non-hydrogen) atoms. The van der Waals surface area contributed by atoms with Crippen molar-refractivity contribution in [2.45, 2.75) is 43.2 Å². The number of piperidine rings is 1. The summed E-state index contributed by atoms with van der Waals surface area (Å²) < 4.78 is 0. The van der Waals surface area contributed by atoms with Crippen LogP contribution in [0.3, 0.4) is 0 Å². The fourth-order valence-corrected chi connectivity index (χ4v) is 4.63. The van der Waals surface area contributed by atoms with E-state index in [2.05, 4.69) is 16.9 Å². The van der Waals surface area contributed by atoms with E-state index in [0.717, 1.165) is 24.1 Å². The topological polar surface area (TPSA) is 52.9 Å². The summed E-state index contributed by atoms with van der Waals surface area (Å²) in [5.41, 5.74) is 0.788. The van der Waals surface area contributed by atoms with Crippen LogP contribution in [0, 0.1) is 5.92 Å². The van der Waals surface area contributed by atoms with Crippen LogP contribution in [0.2, 0.25) is 0 Å². The molecule has 0 saturated carbocycles. The van der Waals surface area contributed by atoms with E-state index in [1.54, 1.807) is 6.21 Å². The summed E-state index contributed by atoms with van der Waals surface area (Å²) in [5, 5.41) is 10.0. The lowest BCUT2D eigenvalue weighted by Crippen LogP contribution is -2.51. The van der Waals surface area contributed by atoms with Crippen molar-refractivity contribution in [3.05, 3.63) is 29.8 Å². The monoisotopic (exact) mass is 320 g/mol. The number of halogens is 1. The van der Waals surface area contributed by atoms with Gasteiger partial charge in [-0.1, -0.05) is 18.2 Å². The van der Waals surface area contributed by atoms with Crippen LogP contribution in [0.1, 0.15) is 31.2 Å². The first-order valence-corrected chi connectivity index (χ1v) is 7.73. The summed E-state index contributed by atoms with van der Waals surface area (Å²) in [6.07, 6.45) is 6.02. The summed E-state index contributed by atoms with van der Waals surface area (Å²) in [7, 11) is 2.18. The summed E-state index contributed by atoms with van der Waals surface area (Å²) >= 11 is 0. The number of carboxylic acids is 1. The molecule has 3 unspecified atom stereocenters. The molecule has 118 valence electrons. The third-order valence-corrected chi connectivity index (χ3v) is 5.85. The van der Waals surface area contributed by atoms with Crippen LogP contribution in [0.4, 0.5) is 5.69 Å². The number of carbonyl (C=O) groups is 1. The average molecular weight is 321 g/mol. The number of rotatable bonds is 2. The van der Waals surface area contributed by atoms with Gasteiger partial charge in [0.2, 0.25) is 0 Å². The first kappa shape index (κ1) is 15.5. The highest BCUT2D eigenvalue weighted by atomic mass is 35.5. The summed E-state index contributed by atoms with van der Waals surface area (Å²) in [5.74, 6) is -0.596. The summed E-state index contributed by atoms with van der Waals surface area (Å²) in [6.45, 7) is 0. The standard InChI is InChI=1S/C17H20N2O2.ClH/c1-19-12-6-7-13(19)9-11(8-12)17(16(20)21)10-18-15-5-3-2-4-14(15)17;/h2-5,10-13H,6-9H2,1H3,(H,20,21);1H. The lowest BCUT2D eigenvalue weighted by Gasteiger charge is -2.42. The van der Waals surface area contributed by atoms with E-state index < -0.39 is 11.4 Å². The minimum absolute atomic E-state index is 0. The Kier molecular flexibility index (Phi) is 3.77. The second-order valence-corrected chi connectivity index (χ2v) is 6.67. The number of aliphatic imine (C=N–C) groups is 1. The second-order valence-electron chi connectivity index (χ2n) is 6.67. The molecule has 1 N–H and O–H groups in total. The van der Waals surface area contributed by atoms with Gasteiger partial charge in [0.05, 0.1) is 5.69 Å². The minimum Gasteiger partial charge on any atom is -0.480 e. The van der Waals surface area contributed by atoms with Gasteiger partial charge in [-0.2, -0.15) is 0 Å². The van der Waals surface area contributed by atoms with Gasteiger partial charge in [-0.05, 0) is 44.7 Å². The lowest BCUT2D eigenvalue weighted by molar-refractivity contribution is -0.143. The summed E-state index contributed by atoms with van der Waals surface area (Å²) in [4.78, 5) is 19.1. The predicted octanol–water partition coefficient (Wildman–Crippen LogP) is 3.02. The van der Waals surface area contributed by atoms with Crippen molar-refractivity contribution in [1.29, 1.82) is 0 Å². The van der Waals surface area contributed by atoms with Crippen LogP contribution >= 0.6 is 12.4 Å². The molecule has 0 aromatic heterocycles. The van der Waals surface area contributed by atoms with Gasteiger partial charge < -0.3 is 10.0 Å². The first-order valence-electron chi connectivity index (χ1n) is 7.73. The number of para-hydroxylation sites is 1. The van der Waals surface area contributed by atoms with E-state index in [9.17, 15) is 9.90 Å². The Morgan fingerprint density at radius 1 is 1.27 bits per heavy atom. The SMILES string of the molecule is CN1C2CCC1CC(C1(C(=O)O)C=Nc3ccccc31)C2.Cl. The normalized spacial score (nSPS) is 36.0. The van der Waals surface area contributed by atoms with Gasteiger partial charge in [0.25, 0.3) is 0 Å². The highest BCUT2D eigenvalue weighted by molar-refractivity contribution is 6.06. The van der Waals surface area contributed by atoms with Crippen LogP contribution in [-0.4, -0.2) is 41.3 Å². The van der Waals surface area contributed by atoms with Gasteiger partial charge in [0.1, 0.15) is 5.41 Å². The molecule has 1 aromatic carbocycles. The maximum absolute atomic E-state index is 12.2. The number of benzene rings is 1. The molecule has 1 aromatic rings. The molecule has 4 rings (SSSR count). The van der Waals surface area contributed by atoms with E-state index in [1.807, 2.05) is 24.3 Å². The van der Waals surface area contributed by atoms with E-state index in [1.165, 1.54) is 12.8 Å². The Labute approximate surface area is 136 Å². The Morgan fingerprint density at radius 3 is 2.55 bits per heavy atom. The maximum atomic E-state index is 12.2. The maximum Gasteiger partial charge on any atom is 0.319 e. The van der Waals surface area contributed by atoms with E-state index >= 15 is 0 Å². The molecule has 5 heteroatoms. The van der Waals surface area contributed by atoms with Crippen LogP contribution in [-0.2, 0) is 10.2 Å². The molecule has 4 nitrogen and oxygen atoms in total. The zero-order valence-corrected chi connectivity index (χ0v) is 13.4. The van der Waals surface area contributed by atoms with E-state index in [0.29, 0.717) is 12.1 Å². The molecule has 3 heterocycles. The second kappa shape index (κ2) is 5.36. The van der Waals surface area contributed by atoms with Crippen molar-refractivity contribution < 1.29 is 9.90 Å². The Bertz CT molecular complexity index is 619. The number of carboxylic acid groups (broad SMARTS) is 1. The molecule has 0 spiro atoms. The minimum atomic E-state index is -0.918. The van der Waals surface area contributed by atoms with Crippen LogP contribution in [0.25, 0.3) is 0 Å². The lowest BCUT2D eigenvalue weighted by atomic mass is 9.66. The van der Waals surface area contributed by atoms with Crippen molar-refractivity contribution in [1.82, 2.24) is 4.90 Å². The molecule has 0 radical (unpaired) electrons. The smallest absolute Gasteiger partial charge is 0.319 e. The van der Waals surface area contributed by atoms with Gasteiger partial charge in [-0.15, -0.1) is 12.4 Å². The van der Waals surface area contributed by atoms with Gasteiger partial charge in [-0.25, -0.2) is 0 Å². The average Bonchev–Trinajstić information content (AvgIpc) is 2.94. The fourth-order valence-electron chi connectivity index (χ4n) is 4.63. The van der Waals surface area contributed by atoms with Crippen molar-refractivity contribution >= 4 is 30.3 Å². The molecule has 2 saturated heterocycles. The van der Waals surface area contributed by atoms with Gasteiger partial charge in [0, 0.05) is 23.9 Å². The van der Waals surface area contributed by atoms with Crippen LogP contribution in [0.5, 0.6) is 0 Å². The Balaban J connectivity index is 0.00000144. The largest absolute Gasteiger partial charge is 0.480 e. The Hall–Kier alpha value is -1.39. The molecular formula is C17H21ClN2O2. The predicted molar refractivity (Wildman–Crippen MR) is 88.5 cm³/mol. The van der Waals surface area contributed by atoms with Crippen molar-refractivity contribution in [3.63, 3.8) is 0 Å². The molecule has 2 bridgehead atoms. The van der Waals surface area contributed by atoms with Crippen molar-refractivity contribution in [2.24, 2.45) is 10.9 Å². The van der Waals surface area contributed by atoms with Crippen molar-refractivity contribution in [3.8, 4) is 0 Å². The van der Waals surface area contributed by atoms with Gasteiger partial charge >= 0.3 is 5.97 Å². The quantitative estimate of drug-likeness (QED) is 0.911. The van der Waals surface area contributed by atoms with Crippen molar-refractivity contribution in [2.75, 3.05) is 7.05 Å². The molecule has 3 atom stereocenters.